The van der Waals surface area contributed by atoms with E-state index >= 15 is 0 Å². The number of aromatic nitrogens is 3. The van der Waals surface area contributed by atoms with Crippen molar-refractivity contribution in [2.24, 2.45) is 0 Å². The first-order valence-electron chi connectivity index (χ1n) is 9.32. The van der Waals surface area contributed by atoms with Crippen LogP contribution >= 0.6 is 0 Å². The molecule has 0 aliphatic rings. The molecule has 1 N–H and O–H groups in total. The lowest BCUT2D eigenvalue weighted by molar-refractivity contribution is 0.590. The van der Waals surface area contributed by atoms with E-state index in [-0.39, 0.29) is 5.41 Å². The first-order valence-corrected chi connectivity index (χ1v) is 9.32. The molecular formula is C22H27N5. The van der Waals surface area contributed by atoms with E-state index in [2.05, 4.69) is 102 Å². The van der Waals surface area contributed by atoms with Crippen molar-refractivity contribution in [1.82, 2.24) is 15.2 Å². The minimum Gasteiger partial charge on any atom is -0.351 e. The van der Waals surface area contributed by atoms with Crippen LogP contribution in [0.4, 0.5) is 17.5 Å². The summed E-state index contributed by atoms with van der Waals surface area (Å²) in [5.41, 5.74) is 3.62. The molecule has 1 heterocycles. The van der Waals surface area contributed by atoms with Crippen LogP contribution in [0.25, 0.3) is 0 Å². The number of hydrogen-bond acceptors (Lipinski definition) is 5. The Balaban J connectivity index is 1.74. The molecule has 140 valence electrons. The monoisotopic (exact) mass is 361 g/mol. The lowest BCUT2D eigenvalue weighted by Crippen LogP contribution is -2.23. The molecule has 5 heteroatoms. The number of benzene rings is 2. The fraction of sp³-hybridized carbons (Fsp3) is 0.318. The molecule has 0 spiro atoms. The average molecular weight is 361 g/mol. The lowest BCUT2D eigenvalue weighted by atomic mass is 9.87. The van der Waals surface area contributed by atoms with E-state index < -0.39 is 0 Å². The van der Waals surface area contributed by atoms with E-state index in [0.717, 1.165) is 24.6 Å². The van der Waals surface area contributed by atoms with Gasteiger partial charge >= 0.3 is 0 Å². The topological polar surface area (TPSA) is 53.9 Å². The molecule has 0 fully saturated rings. The maximum absolute atomic E-state index is 4.65. The van der Waals surface area contributed by atoms with Crippen LogP contribution in [0.3, 0.4) is 0 Å². The van der Waals surface area contributed by atoms with Crippen LogP contribution < -0.4 is 10.2 Å². The third kappa shape index (κ3) is 5.03. The Morgan fingerprint density at radius 1 is 0.963 bits per heavy atom. The van der Waals surface area contributed by atoms with Crippen LogP contribution in [0.15, 0.2) is 60.8 Å². The quantitative estimate of drug-likeness (QED) is 0.674. The molecule has 2 aromatic carbocycles. The Labute approximate surface area is 161 Å². The normalized spacial score (nSPS) is 11.3. The van der Waals surface area contributed by atoms with Gasteiger partial charge in [-0.1, -0.05) is 63.2 Å². The molecule has 0 aliphatic heterocycles. The third-order valence-electron chi connectivity index (χ3n) is 4.48. The van der Waals surface area contributed by atoms with Crippen LogP contribution in [0, 0.1) is 0 Å². The number of hydrogen-bond donors (Lipinski definition) is 1. The second-order valence-corrected chi connectivity index (χ2v) is 7.59. The molecule has 3 aromatic rings. The summed E-state index contributed by atoms with van der Waals surface area (Å²) in [5, 5.41) is 11.5. The smallest absolute Gasteiger partial charge is 0.249 e. The van der Waals surface area contributed by atoms with Gasteiger partial charge in [-0.2, -0.15) is 10.1 Å². The Bertz CT molecular complexity index is 854. The van der Waals surface area contributed by atoms with E-state index in [1.807, 2.05) is 6.07 Å². The molecular weight excluding hydrogens is 334 g/mol. The maximum atomic E-state index is 4.65. The van der Waals surface area contributed by atoms with E-state index in [1.165, 1.54) is 11.1 Å². The third-order valence-corrected chi connectivity index (χ3v) is 4.48. The zero-order valence-electron chi connectivity index (χ0n) is 16.5. The minimum atomic E-state index is 0.134. The van der Waals surface area contributed by atoms with Gasteiger partial charge in [-0.05, 0) is 35.6 Å². The average Bonchev–Trinajstić information content (AvgIpc) is 2.67. The van der Waals surface area contributed by atoms with E-state index in [1.54, 1.807) is 6.20 Å². The van der Waals surface area contributed by atoms with Gasteiger partial charge in [0.25, 0.3) is 0 Å². The standard InChI is InChI=1S/C22H27N5/c1-5-27(16-17-9-7-6-8-10-17)20-15-23-26-21(25-20)24-19-13-11-18(12-14-19)22(2,3)4/h6-15H,5,16H2,1-4H3,(H,24,25,26). The van der Waals surface area contributed by atoms with Crippen molar-refractivity contribution in [2.45, 2.75) is 39.7 Å². The van der Waals surface area contributed by atoms with Gasteiger partial charge in [-0.15, -0.1) is 5.10 Å². The summed E-state index contributed by atoms with van der Waals surface area (Å²) < 4.78 is 0. The number of nitrogens with zero attached hydrogens (tertiary/aromatic N) is 4. The molecule has 0 atom stereocenters. The summed E-state index contributed by atoms with van der Waals surface area (Å²) in [4.78, 5) is 6.83. The highest BCUT2D eigenvalue weighted by Gasteiger charge is 2.13. The van der Waals surface area contributed by atoms with Crippen LogP contribution in [0.2, 0.25) is 0 Å². The predicted molar refractivity (Wildman–Crippen MR) is 111 cm³/mol. The van der Waals surface area contributed by atoms with Gasteiger partial charge in [0.15, 0.2) is 5.82 Å². The van der Waals surface area contributed by atoms with Gasteiger partial charge in [0, 0.05) is 18.8 Å². The van der Waals surface area contributed by atoms with Crippen molar-refractivity contribution in [3.05, 3.63) is 71.9 Å². The van der Waals surface area contributed by atoms with Gasteiger partial charge < -0.3 is 10.2 Å². The van der Waals surface area contributed by atoms with Crippen molar-refractivity contribution < 1.29 is 0 Å². The molecule has 0 amide bonds. The summed E-state index contributed by atoms with van der Waals surface area (Å²) >= 11 is 0. The van der Waals surface area contributed by atoms with E-state index in [4.69, 9.17) is 0 Å². The zero-order chi connectivity index (χ0) is 19.3. The highest BCUT2D eigenvalue weighted by atomic mass is 15.3. The van der Waals surface area contributed by atoms with Gasteiger partial charge in [-0.25, -0.2) is 0 Å². The van der Waals surface area contributed by atoms with Crippen LogP contribution in [-0.4, -0.2) is 21.7 Å². The predicted octanol–water partition coefficient (Wildman–Crippen LogP) is 4.94. The van der Waals surface area contributed by atoms with Gasteiger partial charge in [0.05, 0.1) is 6.20 Å². The Hall–Kier alpha value is -2.95. The first kappa shape index (κ1) is 18.8. The van der Waals surface area contributed by atoms with E-state index in [9.17, 15) is 0 Å². The molecule has 3 rings (SSSR count). The van der Waals surface area contributed by atoms with Crippen molar-refractivity contribution >= 4 is 17.5 Å². The largest absolute Gasteiger partial charge is 0.351 e. The first-order chi connectivity index (χ1) is 13.0. The fourth-order valence-corrected chi connectivity index (χ4v) is 2.84. The molecule has 1 aromatic heterocycles. The van der Waals surface area contributed by atoms with Crippen molar-refractivity contribution in [1.29, 1.82) is 0 Å². The van der Waals surface area contributed by atoms with Crippen molar-refractivity contribution in [3.8, 4) is 0 Å². The molecule has 27 heavy (non-hydrogen) atoms. The Morgan fingerprint density at radius 3 is 2.30 bits per heavy atom. The molecule has 5 nitrogen and oxygen atoms in total. The van der Waals surface area contributed by atoms with Crippen LogP contribution in [0.5, 0.6) is 0 Å². The Kier molecular flexibility index (Phi) is 5.69. The van der Waals surface area contributed by atoms with Crippen molar-refractivity contribution in [3.63, 3.8) is 0 Å². The Morgan fingerprint density at radius 2 is 1.67 bits per heavy atom. The lowest BCUT2D eigenvalue weighted by Gasteiger charge is -2.22. The number of rotatable bonds is 6. The molecule has 0 aliphatic carbocycles. The van der Waals surface area contributed by atoms with Crippen molar-refractivity contribution in [2.75, 3.05) is 16.8 Å². The second-order valence-electron chi connectivity index (χ2n) is 7.59. The summed E-state index contributed by atoms with van der Waals surface area (Å²) in [6.07, 6.45) is 1.71. The summed E-state index contributed by atoms with van der Waals surface area (Å²) in [6.45, 7) is 10.4. The van der Waals surface area contributed by atoms with Crippen LogP contribution in [0.1, 0.15) is 38.8 Å². The minimum absolute atomic E-state index is 0.134. The zero-order valence-corrected chi connectivity index (χ0v) is 16.5. The second kappa shape index (κ2) is 8.16. The molecule has 0 saturated heterocycles. The highest BCUT2D eigenvalue weighted by Crippen LogP contribution is 2.24. The number of anilines is 3. The SMILES string of the molecule is CCN(Cc1ccccc1)c1cnnc(Nc2ccc(C(C)(C)C)cc2)n1. The van der Waals surface area contributed by atoms with Gasteiger partial charge in [-0.3, -0.25) is 0 Å². The van der Waals surface area contributed by atoms with E-state index in [0.29, 0.717) is 5.95 Å². The fourth-order valence-electron chi connectivity index (χ4n) is 2.84. The van der Waals surface area contributed by atoms with Gasteiger partial charge in [0.1, 0.15) is 0 Å². The maximum Gasteiger partial charge on any atom is 0.249 e. The summed E-state index contributed by atoms with van der Waals surface area (Å²) in [6, 6.07) is 18.7. The number of nitrogens with one attached hydrogen (secondary N) is 1. The molecule has 0 saturated carbocycles. The van der Waals surface area contributed by atoms with Gasteiger partial charge in [0.2, 0.25) is 5.95 Å². The van der Waals surface area contributed by atoms with Crippen LogP contribution in [-0.2, 0) is 12.0 Å². The summed E-state index contributed by atoms with van der Waals surface area (Å²) in [5.74, 6) is 1.31. The molecule has 0 radical (unpaired) electrons. The molecule has 0 bridgehead atoms. The molecule has 0 unspecified atom stereocenters. The summed E-state index contributed by atoms with van der Waals surface area (Å²) in [7, 11) is 0. The highest BCUT2D eigenvalue weighted by molar-refractivity contribution is 5.55.